The van der Waals surface area contributed by atoms with Gasteiger partial charge in [0.05, 0.1) is 11.2 Å². The van der Waals surface area contributed by atoms with Crippen LogP contribution in [0.25, 0.3) is 5.52 Å². The number of nitrogens with one attached hydrogen (secondary N) is 1. The predicted octanol–water partition coefficient (Wildman–Crippen LogP) is 4.47. The number of pyridine rings is 1. The minimum Gasteiger partial charge on any atom is -0.289 e. The van der Waals surface area contributed by atoms with E-state index in [1.807, 2.05) is 31.2 Å². The Morgan fingerprint density at radius 1 is 1.37 bits per heavy atom. The normalized spacial score (nSPS) is 16.1. The fourth-order valence-corrected chi connectivity index (χ4v) is 2.91. The van der Waals surface area contributed by atoms with Crippen molar-refractivity contribution >= 4 is 29.1 Å². The Morgan fingerprint density at radius 2 is 2.05 bits per heavy atom. The average Bonchev–Trinajstić information content (AvgIpc) is 3.03. The van der Waals surface area contributed by atoms with E-state index in [9.17, 15) is 0 Å². The molecule has 0 unspecified atom stereocenters. The highest BCUT2D eigenvalue weighted by molar-refractivity contribution is 7.97. The second-order valence-electron chi connectivity index (χ2n) is 4.86. The van der Waals surface area contributed by atoms with E-state index in [0.29, 0.717) is 10.7 Å². The van der Waals surface area contributed by atoms with Crippen LogP contribution < -0.4 is 4.72 Å². The number of aromatic nitrogens is 2. The van der Waals surface area contributed by atoms with E-state index in [2.05, 4.69) is 22.7 Å². The van der Waals surface area contributed by atoms with Crippen molar-refractivity contribution in [3.05, 3.63) is 29.3 Å². The third-order valence-electron chi connectivity index (χ3n) is 3.18. The summed E-state index contributed by atoms with van der Waals surface area (Å²) >= 11 is 7.88. The van der Waals surface area contributed by atoms with Gasteiger partial charge in [0.25, 0.3) is 0 Å². The number of hydrogen-bond acceptors (Lipinski definition) is 3. The first-order chi connectivity index (χ1) is 9.07. The largest absolute Gasteiger partial charge is 0.289 e. The van der Waals surface area contributed by atoms with Crippen LogP contribution in [-0.4, -0.2) is 14.9 Å². The molecule has 0 aliphatic heterocycles. The molecule has 2 aromatic heterocycles. The molecule has 0 spiro atoms. The average molecular weight is 298 g/mol. The fraction of sp³-hybridized carbons (Fsp3) is 0.500. The Balaban J connectivity index is 0.000000637. The summed E-state index contributed by atoms with van der Waals surface area (Å²) in [5.41, 5.74) is 2.40. The summed E-state index contributed by atoms with van der Waals surface area (Å²) in [7, 11) is 0. The fourth-order valence-electron chi connectivity index (χ4n) is 1.69. The van der Waals surface area contributed by atoms with Gasteiger partial charge in [-0.05, 0) is 50.8 Å². The van der Waals surface area contributed by atoms with Crippen molar-refractivity contribution < 1.29 is 0 Å². The molecule has 2 aromatic rings. The molecular weight excluding hydrogens is 278 g/mol. The molecule has 0 amide bonds. The summed E-state index contributed by atoms with van der Waals surface area (Å²) in [6.07, 6.45) is 4.26. The molecule has 0 atom stereocenters. The van der Waals surface area contributed by atoms with Gasteiger partial charge >= 0.3 is 0 Å². The lowest BCUT2D eigenvalue weighted by Crippen LogP contribution is -2.19. The molecule has 1 aliphatic carbocycles. The Bertz CT molecular complexity index is 575. The Morgan fingerprint density at radius 3 is 2.68 bits per heavy atom. The Kier molecular flexibility index (Phi) is 4.43. The summed E-state index contributed by atoms with van der Waals surface area (Å²) in [6.45, 7) is 8.24. The molecule has 1 fully saturated rings. The van der Waals surface area contributed by atoms with Crippen LogP contribution in [0.15, 0.2) is 23.4 Å². The van der Waals surface area contributed by atoms with Crippen LogP contribution in [-0.2, 0) is 0 Å². The third kappa shape index (κ3) is 3.25. The first kappa shape index (κ1) is 14.7. The number of halogens is 1. The van der Waals surface area contributed by atoms with Gasteiger partial charge in [0, 0.05) is 10.4 Å². The quantitative estimate of drug-likeness (QED) is 0.669. The van der Waals surface area contributed by atoms with Crippen molar-refractivity contribution in [2.45, 2.75) is 51.0 Å². The SMILES string of the molecule is CC.Cc1ncn2c(Cl)cc(SNC3(C)CC3)cc12. The van der Waals surface area contributed by atoms with Crippen LogP contribution in [0.1, 0.15) is 39.3 Å². The van der Waals surface area contributed by atoms with E-state index in [-0.39, 0.29) is 0 Å². The van der Waals surface area contributed by atoms with Gasteiger partial charge in [-0.15, -0.1) is 0 Å². The first-order valence-corrected chi connectivity index (χ1v) is 7.84. The van der Waals surface area contributed by atoms with Gasteiger partial charge in [0.15, 0.2) is 0 Å². The molecule has 19 heavy (non-hydrogen) atoms. The van der Waals surface area contributed by atoms with Crippen LogP contribution in [0.4, 0.5) is 0 Å². The molecule has 0 bridgehead atoms. The van der Waals surface area contributed by atoms with Crippen molar-refractivity contribution in [3.8, 4) is 0 Å². The Labute approximate surface area is 123 Å². The Hall–Kier alpha value is -0.710. The zero-order valence-electron chi connectivity index (χ0n) is 11.8. The summed E-state index contributed by atoms with van der Waals surface area (Å²) < 4.78 is 5.38. The molecule has 0 radical (unpaired) electrons. The summed E-state index contributed by atoms with van der Waals surface area (Å²) in [5, 5.41) is 0.702. The number of imidazole rings is 1. The number of hydrogen-bond donors (Lipinski definition) is 1. The number of nitrogens with zero attached hydrogens (tertiary/aromatic N) is 2. The summed E-state index contributed by atoms with van der Waals surface area (Å²) in [6, 6.07) is 4.09. The highest BCUT2D eigenvalue weighted by Gasteiger charge is 2.37. The van der Waals surface area contributed by atoms with Crippen LogP contribution >= 0.6 is 23.5 Å². The number of rotatable bonds is 3. The highest BCUT2D eigenvalue weighted by atomic mass is 35.5. The van der Waals surface area contributed by atoms with E-state index < -0.39 is 0 Å². The zero-order valence-corrected chi connectivity index (χ0v) is 13.4. The predicted molar refractivity (Wildman–Crippen MR) is 82.9 cm³/mol. The van der Waals surface area contributed by atoms with Crippen LogP contribution in [0.2, 0.25) is 5.15 Å². The lowest BCUT2D eigenvalue weighted by Gasteiger charge is -2.11. The van der Waals surface area contributed by atoms with E-state index in [1.165, 1.54) is 12.8 Å². The topological polar surface area (TPSA) is 29.3 Å². The second-order valence-corrected chi connectivity index (χ2v) is 6.13. The molecule has 3 nitrogen and oxygen atoms in total. The lowest BCUT2D eigenvalue weighted by molar-refractivity contribution is 0.701. The van der Waals surface area contributed by atoms with Crippen molar-refractivity contribution in [3.63, 3.8) is 0 Å². The maximum atomic E-state index is 6.22. The second kappa shape index (κ2) is 5.73. The van der Waals surface area contributed by atoms with Gasteiger partial charge in [-0.3, -0.25) is 9.12 Å². The van der Waals surface area contributed by atoms with E-state index in [0.717, 1.165) is 16.1 Å². The number of aryl methyl sites for hydroxylation is 1. The molecule has 0 aromatic carbocycles. The van der Waals surface area contributed by atoms with Gasteiger partial charge in [0.1, 0.15) is 11.5 Å². The van der Waals surface area contributed by atoms with Crippen molar-refractivity contribution in [2.75, 3.05) is 0 Å². The smallest absolute Gasteiger partial charge is 0.115 e. The monoisotopic (exact) mass is 297 g/mol. The standard InChI is InChI=1S/C12H14ClN3S.C2H6/c1-8-10-5-9(17-15-12(2)3-4-12)6-11(13)16(10)7-14-8;1-2/h5-7,15H,3-4H2,1-2H3;1-2H3. The number of fused-ring (bicyclic) bond motifs is 1. The maximum Gasteiger partial charge on any atom is 0.115 e. The first-order valence-electron chi connectivity index (χ1n) is 6.65. The zero-order chi connectivity index (χ0) is 14.0. The van der Waals surface area contributed by atoms with Gasteiger partial charge in [-0.1, -0.05) is 25.4 Å². The van der Waals surface area contributed by atoms with Gasteiger partial charge < -0.3 is 0 Å². The van der Waals surface area contributed by atoms with Gasteiger partial charge in [0.2, 0.25) is 0 Å². The summed E-state index contributed by atoms with van der Waals surface area (Å²) in [4.78, 5) is 5.41. The van der Waals surface area contributed by atoms with Gasteiger partial charge in [-0.25, -0.2) is 4.98 Å². The van der Waals surface area contributed by atoms with Crippen LogP contribution in [0.3, 0.4) is 0 Å². The molecular formula is C14H20ClN3S. The van der Waals surface area contributed by atoms with Crippen molar-refractivity contribution in [1.29, 1.82) is 0 Å². The van der Waals surface area contributed by atoms with Crippen molar-refractivity contribution in [2.24, 2.45) is 0 Å². The van der Waals surface area contributed by atoms with Gasteiger partial charge in [-0.2, -0.15) is 0 Å². The molecule has 3 rings (SSSR count). The van der Waals surface area contributed by atoms with Crippen LogP contribution in [0, 0.1) is 6.92 Å². The minimum atomic E-state index is 0.318. The summed E-state index contributed by atoms with van der Waals surface area (Å²) in [5.74, 6) is 0. The van der Waals surface area contributed by atoms with E-state index in [1.54, 1.807) is 18.3 Å². The molecule has 1 saturated carbocycles. The van der Waals surface area contributed by atoms with E-state index >= 15 is 0 Å². The molecule has 0 saturated heterocycles. The van der Waals surface area contributed by atoms with E-state index in [4.69, 9.17) is 11.6 Å². The third-order valence-corrected chi connectivity index (χ3v) is 4.54. The van der Waals surface area contributed by atoms with Crippen LogP contribution in [0.5, 0.6) is 0 Å². The molecule has 5 heteroatoms. The molecule has 104 valence electrons. The van der Waals surface area contributed by atoms with Crippen molar-refractivity contribution in [1.82, 2.24) is 14.1 Å². The molecule has 2 heterocycles. The lowest BCUT2D eigenvalue weighted by atomic mass is 10.3. The maximum absolute atomic E-state index is 6.22. The molecule has 1 aliphatic rings. The molecule has 1 N–H and O–H groups in total. The minimum absolute atomic E-state index is 0.318. The highest BCUT2D eigenvalue weighted by Crippen LogP contribution is 2.38.